The van der Waals surface area contributed by atoms with Crippen LogP contribution in [0.15, 0.2) is 23.8 Å². The molecular formula is C14H14Cl2O4. The van der Waals surface area contributed by atoms with Crippen LogP contribution >= 0.6 is 23.2 Å². The highest BCUT2D eigenvalue weighted by Gasteiger charge is 2.22. The molecule has 0 saturated carbocycles. The predicted molar refractivity (Wildman–Crippen MR) is 77.7 cm³/mol. The molecule has 0 saturated heterocycles. The highest BCUT2D eigenvalue weighted by atomic mass is 35.5. The van der Waals surface area contributed by atoms with E-state index in [4.69, 9.17) is 32.7 Å². The first-order valence-electron chi connectivity index (χ1n) is 6.01. The highest BCUT2D eigenvalue weighted by Crippen LogP contribution is 2.27. The molecular weight excluding hydrogens is 303 g/mol. The molecule has 0 aliphatic carbocycles. The van der Waals surface area contributed by atoms with Crippen molar-refractivity contribution in [2.45, 2.75) is 13.8 Å². The van der Waals surface area contributed by atoms with Gasteiger partial charge in [-0.1, -0.05) is 29.3 Å². The molecule has 0 heterocycles. The van der Waals surface area contributed by atoms with Gasteiger partial charge < -0.3 is 9.47 Å². The third-order valence-electron chi connectivity index (χ3n) is 2.28. The smallest absolute Gasteiger partial charge is 0.345 e. The molecule has 0 radical (unpaired) electrons. The molecule has 0 aliphatic rings. The number of hydrogen-bond donors (Lipinski definition) is 0. The standard InChI is InChI=1S/C14H14Cl2O4/c1-3-19-13(17)10(14(18)20-4-2)8-9-11(15)6-5-7-12(9)16/h5-8H,3-4H2,1-2H3. The topological polar surface area (TPSA) is 52.6 Å². The fourth-order valence-corrected chi connectivity index (χ4v) is 1.92. The second-order valence-electron chi connectivity index (χ2n) is 3.63. The number of carbonyl (C=O) groups excluding carboxylic acids is 2. The van der Waals surface area contributed by atoms with E-state index in [0.717, 1.165) is 0 Å². The number of ether oxygens (including phenoxy) is 2. The number of carbonyl (C=O) groups is 2. The van der Waals surface area contributed by atoms with Gasteiger partial charge in [0.15, 0.2) is 0 Å². The lowest BCUT2D eigenvalue weighted by Crippen LogP contribution is -2.18. The van der Waals surface area contributed by atoms with Crippen molar-refractivity contribution in [3.63, 3.8) is 0 Å². The van der Waals surface area contributed by atoms with E-state index in [0.29, 0.717) is 15.6 Å². The zero-order valence-electron chi connectivity index (χ0n) is 11.1. The van der Waals surface area contributed by atoms with Crippen LogP contribution in [-0.4, -0.2) is 25.2 Å². The van der Waals surface area contributed by atoms with Crippen molar-refractivity contribution in [2.24, 2.45) is 0 Å². The second-order valence-corrected chi connectivity index (χ2v) is 4.45. The minimum absolute atomic E-state index is 0.145. The third kappa shape index (κ3) is 4.25. The summed E-state index contributed by atoms with van der Waals surface area (Å²) in [7, 11) is 0. The maximum absolute atomic E-state index is 11.8. The molecule has 4 nitrogen and oxygen atoms in total. The Balaban J connectivity index is 3.25. The molecule has 0 aliphatic heterocycles. The summed E-state index contributed by atoms with van der Waals surface area (Å²) in [6.45, 7) is 3.57. The Morgan fingerprint density at radius 1 is 1.05 bits per heavy atom. The van der Waals surface area contributed by atoms with Gasteiger partial charge in [0.1, 0.15) is 5.57 Å². The highest BCUT2D eigenvalue weighted by molar-refractivity contribution is 6.37. The Morgan fingerprint density at radius 2 is 1.50 bits per heavy atom. The fourth-order valence-electron chi connectivity index (χ4n) is 1.41. The number of rotatable bonds is 5. The summed E-state index contributed by atoms with van der Waals surface area (Å²) in [4.78, 5) is 23.6. The van der Waals surface area contributed by atoms with Gasteiger partial charge in [-0.05, 0) is 32.1 Å². The number of benzene rings is 1. The molecule has 0 amide bonds. The molecule has 1 aromatic carbocycles. The quantitative estimate of drug-likeness (QED) is 0.361. The minimum atomic E-state index is -0.776. The molecule has 0 spiro atoms. The van der Waals surface area contributed by atoms with Gasteiger partial charge in [-0.2, -0.15) is 0 Å². The number of esters is 2. The summed E-state index contributed by atoms with van der Waals surface area (Å²) in [6.07, 6.45) is 1.28. The van der Waals surface area contributed by atoms with Crippen LogP contribution in [0.1, 0.15) is 19.4 Å². The maximum atomic E-state index is 11.8. The van der Waals surface area contributed by atoms with E-state index in [-0.39, 0.29) is 18.8 Å². The predicted octanol–water partition coefficient (Wildman–Crippen LogP) is 3.50. The maximum Gasteiger partial charge on any atom is 0.345 e. The van der Waals surface area contributed by atoms with Crippen LogP contribution in [0.3, 0.4) is 0 Å². The van der Waals surface area contributed by atoms with Gasteiger partial charge in [-0.15, -0.1) is 0 Å². The van der Waals surface area contributed by atoms with E-state index in [1.807, 2.05) is 0 Å². The number of hydrogen-bond acceptors (Lipinski definition) is 4. The zero-order valence-corrected chi connectivity index (χ0v) is 12.6. The molecule has 0 fully saturated rings. The lowest BCUT2D eigenvalue weighted by Gasteiger charge is -2.08. The molecule has 1 rings (SSSR count). The first-order valence-corrected chi connectivity index (χ1v) is 6.76. The molecule has 0 N–H and O–H groups in total. The average Bonchev–Trinajstić information content (AvgIpc) is 2.38. The van der Waals surface area contributed by atoms with Crippen molar-refractivity contribution in [1.82, 2.24) is 0 Å². The fraction of sp³-hybridized carbons (Fsp3) is 0.286. The van der Waals surface area contributed by atoms with Crippen molar-refractivity contribution in [3.8, 4) is 0 Å². The van der Waals surface area contributed by atoms with E-state index in [1.165, 1.54) is 6.08 Å². The molecule has 108 valence electrons. The molecule has 6 heteroatoms. The van der Waals surface area contributed by atoms with Gasteiger partial charge in [0.25, 0.3) is 0 Å². The van der Waals surface area contributed by atoms with Gasteiger partial charge in [0.05, 0.1) is 13.2 Å². The van der Waals surface area contributed by atoms with Crippen molar-refractivity contribution < 1.29 is 19.1 Å². The van der Waals surface area contributed by atoms with Gasteiger partial charge in [0.2, 0.25) is 0 Å². The van der Waals surface area contributed by atoms with Crippen LogP contribution in [0, 0.1) is 0 Å². The molecule has 0 aromatic heterocycles. The molecule has 20 heavy (non-hydrogen) atoms. The van der Waals surface area contributed by atoms with Crippen LogP contribution in [-0.2, 0) is 19.1 Å². The van der Waals surface area contributed by atoms with Gasteiger partial charge in [0, 0.05) is 15.6 Å². The Hall–Kier alpha value is -1.52. The first kappa shape index (κ1) is 16.5. The van der Waals surface area contributed by atoms with E-state index in [2.05, 4.69) is 0 Å². The summed E-state index contributed by atoms with van der Waals surface area (Å²) < 4.78 is 9.66. The Morgan fingerprint density at radius 3 is 1.90 bits per heavy atom. The van der Waals surface area contributed by atoms with Crippen LogP contribution in [0.4, 0.5) is 0 Å². The molecule has 1 aromatic rings. The Bertz CT molecular complexity index is 498. The molecule has 0 bridgehead atoms. The van der Waals surface area contributed by atoms with Crippen LogP contribution < -0.4 is 0 Å². The first-order chi connectivity index (χ1) is 9.51. The van der Waals surface area contributed by atoms with E-state index >= 15 is 0 Å². The Labute approximate surface area is 127 Å². The number of halogens is 2. The second kappa shape index (κ2) is 7.92. The normalized spacial score (nSPS) is 9.80. The lowest BCUT2D eigenvalue weighted by molar-refractivity contribution is -0.146. The summed E-state index contributed by atoms with van der Waals surface area (Å²) in [5.41, 5.74) is 0.121. The average molecular weight is 317 g/mol. The summed E-state index contributed by atoms with van der Waals surface area (Å²) in [5.74, 6) is -1.55. The van der Waals surface area contributed by atoms with Crippen molar-refractivity contribution in [2.75, 3.05) is 13.2 Å². The SMILES string of the molecule is CCOC(=O)C(=Cc1c(Cl)cccc1Cl)C(=O)OCC. The zero-order chi connectivity index (χ0) is 15.1. The summed E-state index contributed by atoms with van der Waals surface area (Å²) >= 11 is 12.0. The van der Waals surface area contributed by atoms with Crippen LogP contribution in [0.25, 0.3) is 6.08 Å². The van der Waals surface area contributed by atoms with E-state index < -0.39 is 11.9 Å². The Kier molecular flexibility index (Phi) is 6.55. The summed E-state index contributed by atoms with van der Waals surface area (Å²) in [5, 5.41) is 0.646. The van der Waals surface area contributed by atoms with E-state index in [1.54, 1.807) is 32.0 Å². The van der Waals surface area contributed by atoms with Crippen molar-refractivity contribution in [3.05, 3.63) is 39.4 Å². The van der Waals surface area contributed by atoms with Crippen LogP contribution in [0.2, 0.25) is 10.0 Å². The van der Waals surface area contributed by atoms with Crippen LogP contribution in [0.5, 0.6) is 0 Å². The molecule has 0 atom stereocenters. The third-order valence-corrected chi connectivity index (χ3v) is 2.94. The molecule has 0 unspecified atom stereocenters. The van der Waals surface area contributed by atoms with Gasteiger partial charge >= 0.3 is 11.9 Å². The van der Waals surface area contributed by atoms with Gasteiger partial charge in [-0.3, -0.25) is 0 Å². The van der Waals surface area contributed by atoms with Crippen molar-refractivity contribution in [1.29, 1.82) is 0 Å². The summed E-state index contributed by atoms with van der Waals surface area (Å²) in [6, 6.07) is 4.87. The minimum Gasteiger partial charge on any atom is -0.462 e. The monoisotopic (exact) mass is 316 g/mol. The van der Waals surface area contributed by atoms with E-state index in [9.17, 15) is 9.59 Å². The van der Waals surface area contributed by atoms with Crippen molar-refractivity contribution >= 4 is 41.2 Å². The lowest BCUT2D eigenvalue weighted by atomic mass is 10.1. The van der Waals surface area contributed by atoms with Gasteiger partial charge in [-0.25, -0.2) is 9.59 Å². The largest absolute Gasteiger partial charge is 0.462 e.